The lowest BCUT2D eigenvalue weighted by Crippen LogP contribution is -2.57. The van der Waals surface area contributed by atoms with Crippen molar-refractivity contribution in [2.45, 2.75) is 24.5 Å². The van der Waals surface area contributed by atoms with Crippen molar-refractivity contribution in [2.24, 2.45) is 5.73 Å². The van der Waals surface area contributed by atoms with Crippen molar-refractivity contribution < 1.29 is 4.79 Å². The highest BCUT2D eigenvalue weighted by atomic mass is 32.2. The van der Waals surface area contributed by atoms with Crippen molar-refractivity contribution in [3.05, 3.63) is 0 Å². The van der Waals surface area contributed by atoms with E-state index in [9.17, 15) is 4.79 Å². The Morgan fingerprint density at radius 1 is 1.67 bits per heavy atom. The van der Waals surface area contributed by atoms with E-state index in [2.05, 4.69) is 21.6 Å². The van der Waals surface area contributed by atoms with Crippen LogP contribution in [0.1, 0.15) is 13.3 Å². The van der Waals surface area contributed by atoms with Gasteiger partial charge in [-0.1, -0.05) is 18.7 Å². The van der Waals surface area contributed by atoms with E-state index in [1.807, 2.05) is 4.90 Å². The Morgan fingerprint density at radius 3 is 3.11 bits per heavy atom. The van der Waals surface area contributed by atoms with Gasteiger partial charge in [0, 0.05) is 36.4 Å². The highest BCUT2D eigenvalue weighted by Crippen LogP contribution is 2.20. The zero-order valence-electron chi connectivity index (χ0n) is 10.3. The highest BCUT2D eigenvalue weighted by Gasteiger charge is 2.24. The summed E-state index contributed by atoms with van der Waals surface area (Å²) >= 11 is 2.83. The second-order valence-electron chi connectivity index (χ2n) is 4.23. The predicted molar refractivity (Wildman–Crippen MR) is 74.0 cm³/mol. The first-order valence-electron chi connectivity index (χ1n) is 5.91. The third kappa shape index (κ3) is 3.91. The lowest BCUT2D eigenvalue weighted by atomic mass is 10.1. The average molecular weight is 287 g/mol. The number of hydrogen-bond donors (Lipinski definition) is 2. The van der Waals surface area contributed by atoms with E-state index >= 15 is 0 Å². The molecule has 6 nitrogen and oxygen atoms in total. The maximum absolute atomic E-state index is 11.7. The molecule has 18 heavy (non-hydrogen) atoms. The van der Waals surface area contributed by atoms with Crippen LogP contribution in [0.15, 0.2) is 5.16 Å². The van der Waals surface area contributed by atoms with Gasteiger partial charge >= 0.3 is 0 Å². The van der Waals surface area contributed by atoms with Gasteiger partial charge in [0.25, 0.3) is 0 Å². The van der Waals surface area contributed by atoms with Gasteiger partial charge in [0.05, 0.1) is 6.54 Å². The summed E-state index contributed by atoms with van der Waals surface area (Å²) in [6, 6.07) is 0.219. The molecule has 3 N–H and O–H groups in total. The van der Waals surface area contributed by atoms with E-state index in [4.69, 9.17) is 5.73 Å². The zero-order chi connectivity index (χ0) is 13.0. The highest BCUT2D eigenvalue weighted by molar-refractivity contribution is 7.99. The number of carbonyl (C=O) groups is 1. The van der Waals surface area contributed by atoms with Crippen LogP contribution in [0.4, 0.5) is 5.13 Å². The van der Waals surface area contributed by atoms with E-state index < -0.39 is 0 Å². The second kappa shape index (κ2) is 6.46. The molecule has 0 spiro atoms. The van der Waals surface area contributed by atoms with Gasteiger partial charge in [0.1, 0.15) is 0 Å². The standard InChI is InChI=1S/C10H17N5OS2/c1-2-3-17-10-13-9(18-14-10)12-8(16)6-15-4-7(11)5-15/h7H,2-6,11H2,1H3,(H,12,13,14,16). The summed E-state index contributed by atoms with van der Waals surface area (Å²) in [5.41, 5.74) is 5.65. The summed E-state index contributed by atoms with van der Waals surface area (Å²) < 4.78 is 4.18. The van der Waals surface area contributed by atoms with Crippen LogP contribution in [0.3, 0.4) is 0 Å². The first-order chi connectivity index (χ1) is 8.67. The van der Waals surface area contributed by atoms with Crippen LogP contribution < -0.4 is 11.1 Å². The molecule has 2 heterocycles. The molecule has 2 rings (SSSR count). The number of carbonyl (C=O) groups excluding carboxylic acids is 1. The Kier molecular flexibility index (Phi) is 4.93. The maximum atomic E-state index is 11.7. The third-order valence-corrected chi connectivity index (χ3v) is 4.24. The van der Waals surface area contributed by atoms with Crippen molar-refractivity contribution in [3.8, 4) is 0 Å². The number of likely N-dealkylation sites (tertiary alicyclic amines) is 1. The van der Waals surface area contributed by atoms with Crippen LogP contribution in [-0.2, 0) is 4.79 Å². The molecule has 1 amide bonds. The van der Waals surface area contributed by atoms with E-state index in [1.54, 1.807) is 11.8 Å². The minimum Gasteiger partial charge on any atom is -0.325 e. The van der Waals surface area contributed by atoms with E-state index in [1.165, 1.54) is 11.5 Å². The molecule has 1 saturated heterocycles. The number of amides is 1. The molecular weight excluding hydrogens is 270 g/mol. The molecule has 8 heteroatoms. The normalized spacial score (nSPS) is 16.6. The van der Waals surface area contributed by atoms with Crippen LogP contribution in [0.5, 0.6) is 0 Å². The summed E-state index contributed by atoms with van der Waals surface area (Å²) in [4.78, 5) is 17.9. The van der Waals surface area contributed by atoms with E-state index in [0.717, 1.165) is 30.4 Å². The summed E-state index contributed by atoms with van der Waals surface area (Å²) in [6.45, 7) is 4.08. The van der Waals surface area contributed by atoms with Crippen LogP contribution in [-0.4, -0.2) is 51.6 Å². The molecular formula is C10H17N5OS2. The first kappa shape index (κ1) is 13.7. The molecule has 0 bridgehead atoms. The van der Waals surface area contributed by atoms with Crippen LogP contribution in [0.2, 0.25) is 0 Å². The Bertz CT molecular complexity index is 405. The Labute approximate surface area is 115 Å². The monoisotopic (exact) mass is 287 g/mol. The van der Waals surface area contributed by atoms with Gasteiger partial charge in [0.15, 0.2) is 0 Å². The molecule has 1 aromatic heterocycles. The van der Waals surface area contributed by atoms with Gasteiger partial charge in [-0.15, -0.1) is 0 Å². The van der Waals surface area contributed by atoms with E-state index in [0.29, 0.717) is 11.7 Å². The van der Waals surface area contributed by atoms with Crippen molar-refractivity contribution in [1.29, 1.82) is 0 Å². The summed E-state index contributed by atoms with van der Waals surface area (Å²) in [7, 11) is 0. The van der Waals surface area contributed by atoms with Crippen LogP contribution in [0.25, 0.3) is 0 Å². The molecule has 1 aromatic rings. The summed E-state index contributed by atoms with van der Waals surface area (Å²) in [5, 5.41) is 4.07. The molecule has 0 saturated carbocycles. The van der Waals surface area contributed by atoms with Gasteiger partial charge in [0.2, 0.25) is 16.2 Å². The molecule has 0 unspecified atom stereocenters. The molecule has 100 valence electrons. The third-order valence-electron chi connectivity index (χ3n) is 2.44. The summed E-state index contributed by atoms with van der Waals surface area (Å²) in [6.07, 6.45) is 1.08. The number of nitrogens with one attached hydrogen (secondary N) is 1. The SMILES string of the molecule is CCCSc1nsc(NC(=O)CN2CC(N)C2)n1. The molecule has 0 aromatic carbocycles. The van der Waals surface area contributed by atoms with Gasteiger partial charge in [-0.25, -0.2) is 0 Å². The first-order valence-corrected chi connectivity index (χ1v) is 7.67. The largest absolute Gasteiger partial charge is 0.325 e. The molecule has 1 fully saturated rings. The van der Waals surface area contributed by atoms with Crippen molar-refractivity contribution in [3.63, 3.8) is 0 Å². The smallest absolute Gasteiger partial charge is 0.240 e. The Morgan fingerprint density at radius 2 is 2.44 bits per heavy atom. The quantitative estimate of drug-likeness (QED) is 0.746. The number of nitrogens with zero attached hydrogens (tertiary/aromatic N) is 3. The minimum atomic E-state index is -0.0508. The minimum absolute atomic E-state index is 0.0508. The predicted octanol–water partition coefficient (Wildman–Crippen LogP) is 0.622. The second-order valence-corrected chi connectivity index (χ2v) is 6.05. The fourth-order valence-corrected chi connectivity index (χ4v) is 3.03. The van der Waals surface area contributed by atoms with Crippen LogP contribution in [0, 0.1) is 0 Å². The average Bonchev–Trinajstić information content (AvgIpc) is 2.72. The number of thioether (sulfide) groups is 1. The zero-order valence-corrected chi connectivity index (χ0v) is 11.9. The topological polar surface area (TPSA) is 84.1 Å². The molecule has 0 atom stereocenters. The lowest BCUT2D eigenvalue weighted by molar-refractivity contribution is -0.118. The summed E-state index contributed by atoms with van der Waals surface area (Å²) in [5.74, 6) is 0.945. The Balaban J connectivity index is 1.74. The van der Waals surface area contributed by atoms with Gasteiger partial charge in [-0.3, -0.25) is 15.0 Å². The van der Waals surface area contributed by atoms with Crippen LogP contribution >= 0.6 is 23.3 Å². The van der Waals surface area contributed by atoms with Gasteiger partial charge in [-0.2, -0.15) is 9.36 Å². The van der Waals surface area contributed by atoms with Crippen molar-refractivity contribution in [1.82, 2.24) is 14.3 Å². The Hall–Kier alpha value is -0.700. The molecule has 0 aliphatic carbocycles. The van der Waals surface area contributed by atoms with Gasteiger partial charge in [-0.05, 0) is 6.42 Å². The molecule has 1 aliphatic heterocycles. The van der Waals surface area contributed by atoms with E-state index in [-0.39, 0.29) is 11.9 Å². The van der Waals surface area contributed by atoms with Gasteiger partial charge < -0.3 is 5.73 Å². The molecule has 1 aliphatic rings. The number of rotatable bonds is 6. The molecule has 0 radical (unpaired) electrons. The van der Waals surface area contributed by atoms with Crippen molar-refractivity contribution >= 4 is 34.3 Å². The number of nitrogens with two attached hydrogens (primary N) is 1. The number of anilines is 1. The fourth-order valence-electron chi connectivity index (χ4n) is 1.61. The van der Waals surface area contributed by atoms with Crippen molar-refractivity contribution in [2.75, 3.05) is 30.7 Å². The number of aromatic nitrogens is 2. The number of hydrogen-bond acceptors (Lipinski definition) is 7. The fraction of sp³-hybridized carbons (Fsp3) is 0.700. The lowest BCUT2D eigenvalue weighted by Gasteiger charge is -2.35. The maximum Gasteiger partial charge on any atom is 0.240 e.